The van der Waals surface area contributed by atoms with Gasteiger partial charge in [0, 0.05) is 17.1 Å². The van der Waals surface area contributed by atoms with E-state index in [1.807, 2.05) is 37.3 Å². The number of carbonyl (C=O) groups excluding carboxylic acids is 2. The van der Waals surface area contributed by atoms with E-state index in [1.165, 1.54) is 23.5 Å². The van der Waals surface area contributed by atoms with Gasteiger partial charge in [-0.2, -0.15) is 0 Å². The van der Waals surface area contributed by atoms with E-state index in [1.54, 1.807) is 42.5 Å². The fourth-order valence-corrected chi connectivity index (χ4v) is 6.94. The van der Waals surface area contributed by atoms with Gasteiger partial charge in [-0.05, 0) is 55.2 Å². The number of hydrogen-bond acceptors (Lipinski definition) is 4. The van der Waals surface area contributed by atoms with Gasteiger partial charge in [0.1, 0.15) is 12.6 Å². The molecule has 1 saturated carbocycles. The second-order valence-corrected chi connectivity index (χ2v) is 12.9. The highest BCUT2D eigenvalue weighted by Crippen LogP contribution is 2.27. The van der Waals surface area contributed by atoms with Crippen molar-refractivity contribution in [2.24, 2.45) is 0 Å². The van der Waals surface area contributed by atoms with Crippen LogP contribution >= 0.6 is 15.9 Å². The van der Waals surface area contributed by atoms with E-state index >= 15 is 0 Å². The monoisotopic (exact) mass is 625 g/mol. The first-order valence-electron chi connectivity index (χ1n) is 13.8. The highest BCUT2D eigenvalue weighted by atomic mass is 79.9. The number of nitrogens with zero attached hydrogens (tertiary/aromatic N) is 2. The molecule has 0 heterocycles. The molecule has 1 aliphatic rings. The Morgan fingerprint density at radius 2 is 1.57 bits per heavy atom. The molecule has 0 bridgehead atoms. The molecule has 1 atom stereocenters. The normalized spacial score (nSPS) is 14.8. The third kappa shape index (κ3) is 7.52. The molecule has 212 valence electrons. The fourth-order valence-electron chi connectivity index (χ4n) is 5.12. The van der Waals surface area contributed by atoms with Crippen molar-refractivity contribution in [2.75, 3.05) is 10.8 Å². The summed E-state index contributed by atoms with van der Waals surface area (Å²) in [5.41, 5.74) is 1.21. The molecule has 1 fully saturated rings. The van der Waals surface area contributed by atoms with Crippen LogP contribution in [-0.2, 0) is 26.2 Å². The Hall–Kier alpha value is -3.17. The summed E-state index contributed by atoms with van der Waals surface area (Å²) >= 11 is 3.42. The maximum absolute atomic E-state index is 14.1. The molecule has 0 saturated heterocycles. The molecule has 0 unspecified atom stereocenters. The van der Waals surface area contributed by atoms with Crippen LogP contribution in [0.5, 0.6) is 0 Å². The molecule has 7 nitrogen and oxygen atoms in total. The molecule has 0 spiro atoms. The fraction of sp³-hybridized carbons (Fsp3) is 0.355. The molecule has 0 radical (unpaired) electrons. The van der Waals surface area contributed by atoms with Gasteiger partial charge in [0.2, 0.25) is 11.8 Å². The lowest BCUT2D eigenvalue weighted by atomic mass is 9.95. The summed E-state index contributed by atoms with van der Waals surface area (Å²) in [7, 11) is -4.08. The predicted molar refractivity (Wildman–Crippen MR) is 161 cm³/mol. The standard InChI is InChI=1S/C31H36BrN3O4S/c1-2-29(31(37)33-26-16-8-4-9-17-26)34(22-24-13-6-3-7-14-24)30(36)23-35(27-18-12-15-25(32)21-27)40(38,39)28-19-10-5-11-20-28/h3,5-7,10-15,18-21,26,29H,2,4,8-9,16-17,22-23H2,1H3,(H,33,37)/t29-/m0/s1. The smallest absolute Gasteiger partial charge is 0.264 e. The molecule has 3 aromatic carbocycles. The van der Waals surface area contributed by atoms with Crippen LogP contribution in [0.25, 0.3) is 0 Å². The molecule has 0 aromatic heterocycles. The lowest BCUT2D eigenvalue weighted by Gasteiger charge is -2.34. The van der Waals surface area contributed by atoms with Crippen LogP contribution in [0.2, 0.25) is 0 Å². The van der Waals surface area contributed by atoms with Crippen LogP contribution in [0.4, 0.5) is 5.69 Å². The molecule has 2 amide bonds. The number of anilines is 1. The summed E-state index contributed by atoms with van der Waals surface area (Å²) in [5.74, 6) is -0.646. The van der Waals surface area contributed by atoms with Crippen molar-refractivity contribution in [1.29, 1.82) is 0 Å². The highest BCUT2D eigenvalue weighted by Gasteiger charge is 2.34. The summed E-state index contributed by atoms with van der Waals surface area (Å²) in [6, 6.07) is 23.7. The van der Waals surface area contributed by atoms with Gasteiger partial charge in [0.15, 0.2) is 0 Å². The van der Waals surface area contributed by atoms with Gasteiger partial charge in [-0.15, -0.1) is 0 Å². The summed E-state index contributed by atoms with van der Waals surface area (Å²) < 4.78 is 29.5. The number of benzene rings is 3. The van der Waals surface area contributed by atoms with Crippen molar-refractivity contribution in [3.8, 4) is 0 Å². The number of carbonyl (C=O) groups is 2. The zero-order valence-electron chi connectivity index (χ0n) is 22.7. The number of sulfonamides is 1. The van der Waals surface area contributed by atoms with E-state index in [0.717, 1.165) is 35.6 Å². The number of amides is 2. The van der Waals surface area contributed by atoms with Crippen LogP contribution in [0.3, 0.4) is 0 Å². The number of hydrogen-bond donors (Lipinski definition) is 1. The molecule has 0 aliphatic heterocycles. The van der Waals surface area contributed by atoms with E-state index in [-0.39, 0.29) is 23.4 Å². The zero-order valence-corrected chi connectivity index (χ0v) is 25.1. The second-order valence-electron chi connectivity index (χ2n) is 10.1. The van der Waals surface area contributed by atoms with Gasteiger partial charge in [0.25, 0.3) is 10.0 Å². The van der Waals surface area contributed by atoms with Gasteiger partial charge in [0.05, 0.1) is 10.6 Å². The Morgan fingerprint density at radius 1 is 0.925 bits per heavy atom. The van der Waals surface area contributed by atoms with Gasteiger partial charge < -0.3 is 10.2 Å². The van der Waals surface area contributed by atoms with E-state index in [2.05, 4.69) is 21.2 Å². The molecular formula is C31H36BrN3O4S. The number of halogens is 1. The van der Waals surface area contributed by atoms with E-state index in [9.17, 15) is 18.0 Å². The number of nitrogens with one attached hydrogen (secondary N) is 1. The summed E-state index contributed by atoms with van der Waals surface area (Å²) in [6.45, 7) is 1.62. The molecule has 3 aromatic rings. The topological polar surface area (TPSA) is 86.8 Å². The van der Waals surface area contributed by atoms with Gasteiger partial charge >= 0.3 is 0 Å². The minimum atomic E-state index is -4.08. The Bertz CT molecular complexity index is 1380. The van der Waals surface area contributed by atoms with Crippen molar-refractivity contribution in [2.45, 2.75) is 69.0 Å². The van der Waals surface area contributed by atoms with Crippen LogP contribution in [0, 0.1) is 0 Å². The average molecular weight is 627 g/mol. The lowest BCUT2D eigenvalue weighted by molar-refractivity contribution is -0.140. The van der Waals surface area contributed by atoms with Crippen LogP contribution in [0.15, 0.2) is 94.3 Å². The third-order valence-electron chi connectivity index (χ3n) is 7.24. The molecule has 4 rings (SSSR count). The van der Waals surface area contributed by atoms with Crippen LogP contribution in [-0.4, -0.2) is 43.8 Å². The highest BCUT2D eigenvalue weighted by molar-refractivity contribution is 9.10. The second kappa shape index (κ2) is 13.9. The van der Waals surface area contributed by atoms with Gasteiger partial charge in [-0.3, -0.25) is 13.9 Å². The first kappa shape index (κ1) is 29.8. The van der Waals surface area contributed by atoms with Gasteiger partial charge in [-0.25, -0.2) is 8.42 Å². The van der Waals surface area contributed by atoms with Crippen molar-refractivity contribution in [1.82, 2.24) is 10.2 Å². The van der Waals surface area contributed by atoms with Crippen LogP contribution in [0.1, 0.15) is 51.0 Å². The predicted octanol–water partition coefficient (Wildman–Crippen LogP) is 5.90. The van der Waals surface area contributed by atoms with E-state index in [0.29, 0.717) is 16.6 Å². The largest absolute Gasteiger partial charge is 0.352 e. The van der Waals surface area contributed by atoms with Gasteiger partial charge in [-0.1, -0.05) is 96.7 Å². The van der Waals surface area contributed by atoms with E-state index in [4.69, 9.17) is 0 Å². The Labute approximate surface area is 245 Å². The molecular weight excluding hydrogens is 590 g/mol. The molecule has 9 heteroatoms. The summed E-state index contributed by atoms with van der Waals surface area (Å²) in [5, 5.41) is 3.17. The summed E-state index contributed by atoms with van der Waals surface area (Å²) in [6.07, 6.45) is 5.59. The Balaban J connectivity index is 1.68. The van der Waals surface area contributed by atoms with Crippen LogP contribution < -0.4 is 9.62 Å². The average Bonchev–Trinajstić information content (AvgIpc) is 2.97. The van der Waals surface area contributed by atoms with Crippen molar-refractivity contribution >= 4 is 43.5 Å². The SMILES string of the molecule is CC[C@@H](C(=O)NC1CCCCC1)N(Cc1ccccc1)C(=O)CN(c1cccc(Br)c1)S(=O)(=O)c1ccccc1. The Kier molecular flexibility index (Phi) is 10.4. The number of rotatable bonds is 11. The zero-order chi connectivity index (χ0) is 28.5. The van der Waals surface area contributed by atoms with Crippen molar-refractivity contribution in [3.05, 3.63) is 95.0 Å². The quantitative estimate of drug-likeness (QED) is 0.287. The lowest BCUT2D eigenvalue weighted by Crippen LogP contribution is -2.54. The maximum atomic E-state index is 14.1. The summed E-state index contributed by atoms with van der Waals surface area (Å²) in [4.78, 5) is 29.3. The van der Waals surface area contributed by atoms with Crippen molar-refractivity contribution < 1.29 is 18.0 Å². The maximum Gasteiger partial charge on any atom is 0.264 e. The minimum absolute atomic E-state index is 0.0828. The first-order valence-corrected chi connectivity index (χ1v) is 16.0. The minimum Gasteiger partial charge on any atom is -0.352 e. The third-order valence-corrected chi connectivity index (χ3v) is 9.52. The first-order chi connectivity index (χ1) is 19.3. The molecule has 1 aliphatic carbocycles. The molecule has 1 N–H and O–H groups in total. The Morgan fingerprint density at radius 3 is 2.20 bits per heavy atom. The molecule has 40 heavy (non-hydrogen) atoms. The van der Waals surface area contributed by atoms with Crippen molar-refractivity contribution in [3.63, 3.8) is 0 Å². The van der Waals surface area contributed by atoms with E-state index < -0.39 is 28.5 Å².